The summed E-state index contributed by atoms with van der Waals surface area (Å²) >= 11 is 0. The Morgan fingerprint density at radius 2 is 2.08 bits per heavy atom. The Morgan fingerprint density at radius 1 is 1.50 bits per heavy atom. The topological polar surface area (TPSA) is 12.9 Å². The van der Waals surface area contributed by atoms with Crippen LogP contribution in [0.4, 0.5) is 4.39 Å². The van der Waals surface area contributed by atoms with E-state index in [1.165, 1.54) is 0 Å². The largest absolute Gasteiger partial charge is 0.236 e. The number of aryl methyl sites for hydroxylation is 1. The standard InChI is InChI=1S/C9H11BFN/c1-5(2)8-6(3)4-7(10)12-9(8)11/h4-5H,1-3H3. The van der Waals surface area contributed by atoms with E-state index in [0.29, 0.717) is 5.56 Å². The number of hydrogen-bond acceptors (Lipinski definition) is 1. The van der Waals surface area contributed by atoms with Crippen molar-refractivity contribution in [1.82, 2.24) is 4.98 Å². The molecule has 1 nitrogen and oxygen atoms in total. The van der Waals surface area contributed by atoms with Crippen LogP contribution in [-0.4, -0.2) is 12.8 Å². The Balaban J connectivity index is 3.28. The molecule has 0 aliphatic heterocycles. The quantitative estimate of drug-likeness (QED) is 0.451. The molecule has 1 aromatic heterocycles. The van der Waals surface area contributed by atoms with E-state index in [1.807, 2.05) is 20.8 Å². The Bertz CT molecular complexity index is 274. The van der Waals surface area contributed by atoms with Crippen molar-refractivity contribution >= 4 is 13.4 Å². The zero-order valence-corrected chi connectivity index (χ0v) is 7.56. The predicted octanol–water partition coefficient (Wildman–Crippen LogP) is 1.45. The van der Waals surface area contributed by atoms with Crippen molar-refractivity contribution in [3.05, 3.63) is 23.1 Å². The lowest BCUT2D eigenvalue weighted by atomic mass is 9.95. The normalized spacial score (nSPS) is 10.8. The van der Waals surface area contributed by atoms with Gasteiger partial charge in [0.15, 0.2) is 0 Å². The molecule has 2 radical (unpaired) electrons. The van der Waals surface area contributed by atoms with Crippen molar-refractivity contribution in [2.75, 3.05) is 0 Å². The van der Waals surface area contributed by atoms with Gasteiger partial charge in [-0.2, -0.15) is 4.39 Å². The van der Waals surface area contributed by atoms with Gasteiger partial charge in [-0.25, -0.2) is 4.98 Å². The van der Waals surface area contributed by atoms with E-state index < -0.39 is 5.95 Å². The Morgan fingerprint density at radius 3 is 2.50 bits per heavy atom. The van der Waals surface area contributed by atoms with Gasteiger partial charge in [0.05, 0.1) is 0 Å². The van der Waals surface area contributed by atoms with E-state index in [1.54, 1.807) is 6.07 Å². The summed E-state index contributed by atoms with van der Waals surface area (Å²) < 4.78 is 13.2. The molecule has 12 heavy (non-hydrogen) atoms. The highest BCUT2D eigenvalue weighted by molar-refractivity contribution is 6.30. The van der Waals surface area contributed by atoms with Crippen LogP contribution in [0.5, 0.6) is 0 Å². The van der Waals surface area contributed by atoms with Gasteiger partial charge < -0.3 is 0 Å². The molecular weight excluding hydrogens is 152 g/mol. The monoisotopic (exact) mass is 163 g/mol. The summed E-state index contributed by atoms with van der Waals surface area (Å²) in [7, 11) is 5.38. The fourth-order valence-corrected chi connectivity index (χ4v) is 1.36. The van der Waals surface area contributed by atoms with E-state index >= 15 is 0 Å². The molecule has 1 aromatic rings. The minimum absolute atomic E-state index is 0.151. The van der Waals surface area contributed by atoms with Crippen LogP contribution in [0.1, 0.15) is 30.9 Å². The van der Waals surface area contributed by atoms with Crippen molar-refractivity contribution in [1.29, 1.82) is 0 Å². The Labute approximate surface area is 73.4 Å². The molecule has 0 amide bonds. The van der Waals surface area contributed by atoms with Gasteiger partial charge in [-0.05, 0) is 30.1 Å². The molecule has 62 valence electrons. The first-order chi connectivity index (χ1) is 5.52. The fraction of sp³-hybridized carbons (Fsp3) is 0.444. The third-order valence-electron chi connectivity index (χ3n) is 1.82. The van der Waals surface area contributed by atoms with Gasteiger partial charge in [-0.3, -0.25) is 0 Å². The average Bonchev–Trinajstić information content (AvgIpc) is 1.82. The maximum absolute atomic E-state index is 13.2. The summed E-state index contributed by atoms with van der Waals surface area (Å²) in [4.78, 5) is 3.57. The Kier molecular flexibility index (Phi) is 2.50. The average molecular weight is 163 g/mol. The Hall–Kier alpha value is -0.855. The minimum Gasteiger partial charge on any atom is -0.236 e. The first kappa shape index (κ1) is 9.23. The molecule has 0 aliphatic carbocycles. The molecule has 3 heteroatoms. The van der Waals surface area contributed by atoms with Crippen molar-refractivity contribution in [2.24, 2.45) is 0 Å². The highest BCUT2D eigenvalue weighted by atomic mass is 19.1. The zero-order valence-electron chi connectivity index (χ0n) is 7.56. The molecular formula is C9H11BFN. The van der Waals surface area contributed by atoms with Gasteiger partial charge in [-0.15, -0.1) is 0 Å². The van der Waals surface area contributed by atoms with Crippen LogP contribution < -0.4 is 5.59 Å². The second-order valence-corrected chi connectivity index (χ2v) is 3.22. The van der Waals surface area contributed by atoms with Crippen molar-refractivity contribution in [3.63, 3.8) is 0 Å². The zero-order chi connectivity index (χ0) is 9.30. The van der Waals surface area contributed by atoms with E-state index in [-0.39, 0.29) is 11.5 Å². The van der Waals surface area contributed by atoms with Gasteiger partial charge in [0.25, 0.3) is 0 Å². The smallest absolute Gasteiger partial charge is 0.215 e. The predicted molar refractivity (Wildman–Crippen MR) is 48.4 cm³/mol. The van der Waals surface area contributed by atoms with Crippen LogP contribution in [0.25, 0.3) is 0 Å². The van der Waals surface area contributed by atoms with Gasteiger partial charge in [0.2, 0.25) is 5.95 Å². The van der Waals surface area contributed by atoms with Gasteiger partial charge in [0.1, 0.15) is 7.85 Å². The minimum atomic E-state index is -0.442. The second kappa shape index (κ2) is 3.25. The maximum Gasteiger partial charge on any atom is 0.215 e. The van der Waals surface area contributed by atoms with Crippen LogP contribution >= 0.6 is 0 Å². The molecule has 0 unspecified atom stereocenters. The first-order valence-corrected chi connectivity index (χ1v) is 3.95. The van der Waals surface area contributed by atoms with Crippen molar-refractivity contribution in [3.8, 4) is 0 Å². The van der Waals surface area contributed by atoms with Gasteiger partial charge in [-0.1, -0.05) is 13.8 Å². The lowest BCUT2D eigenvalue weighted by Gasteiger charge is -2.10. The summed E-state index contributed by atoms with van der Waals surface area (Å²) in [6.45, 7) is 5.71. The van der Waals surface area contributed by atoms with Crippen LogP contribution in [0.2, 0.25) is 0 Å². The fourth-order valence-electron chi connectivity index (χ4n) is 1.36. The number of halogens is 1. The lowest BCUT2D eigenvalue weighted by Crippen LogP contribution is -2.14. The second-order valence-electron chi connectivity index (χ2n) is 3.22. The molecule has 0 aliphatic rings. The third kappa shape index (κ3) is 1.66. The summed E-state index contributed by atoms with van der Waals surface area (Å²) in [5.74, 6) is -0.291. The number of hydrogen-bond donors (Lipinski definition) is 0. The van der Waals surface area contributed by atoms with Gasteiger partial charge >= 0.3 is 0 Å². The van der Waals surface area contributed by atoms with Crippen LogP contribution in [0.15, 0.2) is 6.07 Å². The summed E-state index contributed by atoms with van der Waals surface area (Å²) in [6.07, 6.45) is 0. The molecule has 0 atom stereocenters. The number of rotatable bonds is 1. The van der Waals surface area contributed by atoms with E-state index in [2.05, 4.69) is 4.98 Å². The highest BCUT2D eigenvalue weighted by Crippen LogP contribution is 2.19. The first-order valence-electron chi connectivity index (χ1n) is 3.95. The van der Waals surface area contributed by atoms with E-state index in [9.17, 15) is 4.39 Å². The summed E-state index contributed by atoms with van der Waals surface area (Å²) in [5.41, 5.74) is 1.77. The van der Waals surface area contributed by atoms with Crippen LogP contribution in [0, 0.1) is 12.9 Å². The molecule has 0 aromatic carbocycles. The molecule has 0 N–H and O–H groups in total. The van der Waals surface area contributed by atoms with Crippen molar-refractivity contribution in [2.45, 2.75) is 26.7 Å². The molecule has 0 fully saturated rings. The van der Waals surface area contributed by atoms with Crippen LogP contribution in [-0.2, 0) is 0 Å². The number of aromatic nitrogens is 1. The molecule has 1 rings (SSSR count). The summed E-state index contributed by atoms with van der Waals surface area (Å²) in [6, 6.07) is 1.69. The number of pyridine rings is 1. The summed E-state index contributed by atoms with van der Waals surface area (Å²) in [5, 5.41) is 0. The highest BCUT2D eigenvalue weighted by Gasteiger charge is 2.10. The van der Waals surface area contributed by atoms with E-state index in [0.717, 1.165) is 5.56 Å². The van der Waals surface area contributed by atoms with Gasteiger partial charge in [0, 0.05) is 5.56 Å². The molecule has 0 saturated heterocycles. The molecule has 0 bridgehead atoms. The number of nitrogens with zero attached hydrogens (tertiary/aromatic N) is 1. The molecule has 0 spiro atoms. The van der Waals surface area contributed by atoms with Crippen molar-refractivity contribution < 1.29 is 4.39 Å². The molecule has 0 saturated carbocycles. The third-order valence-corrected chi connectivity index (χ3v) is 1.82. The SMILES string of the molecule is [B]c1cc(C)c(C(C)C)c(F)n1. The maximum atomic E-state index is 13.2. The van der Waals surface area contributed by atoms with Crippen LogP contribution in [0.3, 0.4) is 0 Å². The molecule has 1 heterocycles. The van der Waals surface area contributed by atoms with E-state index in [4.69, 9.17) is 7.85 Å². The lowest BCUT2D eigenvalue weighted by molar-refractivity contribution is 0.557.